The Bertz CT molecular complexity index is 556. The number of halogens is 2. The molecule has 2 aromatic rings. The average molecular weight is 324 g/mol. The minimum atomic E-state index is 0.0767. The van der Waals surface area contributed by atoms with Crippen LogP contribution in [0.5, 0.6) is 0 Å². The zero-order valence-corrected chi connectivity index (χ0v) is 11.9. The summed E-state index contributed by atoms with van der Waals surface area (Å²) in [6.45, 7) is 0. The highest BCUT2D eigenvalue weighted by atomic mass is 79.9. The number of benzene rings is 1. The molecule has 0 bridgehead atoms. The number of anilines is 1. The lowest BCUT2D eigenvalue weighted by atomic mass is 10.1. The third kappa shape index (κ3) is 2.25. The highest BCUT2D eigenvalue weighted by Crippen LogP contribution is 2.36. The van der Waals surface area contributed by atoms with Gasteiger partial charge in [-0.15, -0.1) is 11.6 Å². The predicted molar refractivity (Wildman–Crippen MR) is 78.1 cm³/mol. The number of rotatable bonds is 2. The molecule has 18 heavy (non-hydrogen) atoms. The number of nitrogens with zero attached hydrogens (tertiary/aromatic N) is 1. The van der Waals surface area contributed by atoms with E-state index in [-0.39, 0.29) is 11.4 Å². The molecule has 4 heteroatoms. The van der Waals surface area contributed by atoms with Crippen molar-refractivity contribution in [1.82, 2.24) is 4.98 Å². The molecule has 0 aliphatic heterocycles. The summed E-state index contributed by atoms with van der Waals surface area (Å²) in [5.74, 6) is 0.852. The first kappa shape index (κ1) is 12.0. The molecule has 2 atom stereocenters. The van der Waals surface area contributed by atoms with Gasteiger partial charge in [0, 0.05) is 10.7 Å². The molecule has 0 spiro atoms. The van der Waals surface area contributed by atoms with Gasteiger partial charge < -0.3 is 5.32 Å². The van der Waals surface area contributed by atoms with Crippen molar-refractivity contribution in [3.05, 3.63) is 58.2 Å². The lowest BCUT2D eigenvalue weighted by Crippen LogP contribution is -2.17. The monoisotopic (exact) mass is 322 g/mol. The van der Waals surface area contributed by atoms with Crippen molar-refractivity contribution in [2.45, 2.75) is 17.8 Å². The normalized spacial score (nSPS) is 21.7. The van der Waals surface area contributed by atoms with Gasteiger partial charge >= 0.3 is 0 Å². The molecule has 0 fully saturated rings. The van der Waals surface area contributed by atoms with E-state index in [1.807, 2.05) is 12.1 Å². The van der Waals surface area contributed by atoms with E-state index >= 15 is 0 Å². The van der Waals surface area contributed by atoms with Crippen LogP contribution in [0.2, 0.25) is 0 Å². The first-order valence-electron chi connectivity index (χ1n) is 5.84. The molecule has 3 rings (SSSR count). The number of aromatic nitrogens is 1. The summed E-state index contributed by atoms with van der Waals surface area (Å²) in [6, 6.07) is 12.4. The SMILES string of the molecule is ClC1Cc2ccccc2C1Nc1ccc(Br)cn1. The molecule has 1 heterocycles. The van der Waals surface area contributed by atoms with E-state index in [0.717, 1.165) is 16.7 Å². The zero-order chi connectivity index (χ0) is 12.5. The van der Waals surface area contributed by atoms with Crippen LogP contribution in [0, 0.1) is 0 Å². The van der Waals surface area contributed by atoms with Crippen LogP contribution in [0.4, 0.5) is 5.82 Å². The maximum absolute atomic E-state index is 6.43. The maximum Gasteiger partial charge on any atom is 0.126 e. The van der Waals surface area contributed by atoms with Gasteiger partial charge in [-0.05, 0) is 45.6 Å². The van der Waals surface area contributed by atoms with Crippen molar-refractivity contribution >= 4 is 33.3 Å². The van der Waals surface area contributed by atoms with E-state index < -0.39 is 0 Å². The van der Waals surface area contributed by atoms with Crippen LogP contribution in [-0.2, 0) is 6.42 Å². The van der Waals surface area contributed by atoms with Crippen LogP contribution in [0.15, 0.2) is 47.1 Å². The minimum absolute atomic E-state index is 0.0767. The van der Waals surface area contributed by atoms with Crippen LogP contribution in [-0.4, -0.2) is 10.4 Å². The van der Waals surface area contributed by atoms with Crippen molar-refractivity contribution < 1.29 is 0 Å². The Labute approximate surface area is 120 Å². The number of hydrogen-bond acceptors (Lipinski definition) is 2. The Hall–Kier alpha value is -1.06. The van der Waals surface area contributed by atoms with E-state index in [9.17, 15) is 0 Å². The second kappa shape index (κ2) is 4.90. The predicted octanol–water partition coefficient (Wildman–Crippen LogP) is 4.16. The third-order valence-electron chi connectivity index (χ3n) is 3.20. The fourth-order valence-corrected chi connectivity index (χ4v) is 2.93. The summed E-state index contributed by atoms with van der Waals surface area (Å²) < 4.78 is 0.974. The van der Waals surface area contributed by atoms with Crippen LogP contribution in [0.3, 0.4) is 0 Å². The first-order valence-corrected chi connectivity index (χ1v) is 7.07. The van der Waals surface area contributed by atoms with Crippen molar-refractivity contribution in [3.8, 4) is 0 Å². The Morgan fingerprint density at radius 1 is 1.22 bits per heavy atom. The topological polar surface area (TPSA) is 24.9 Å². The van der Waals surface area contributed by atoms with E-state index in [1.54, 1.807) is 6.20 Å². The minimum Gasteiger partial charge on any atom is -0.362 e. The van der Waals surface area contributed by atoms with Crippen molar-refractivity contribution in [1.29, 1.82) is 0 Å². The molecule has 92 valence electrons. The van der Waals surface area contributed by atoms with Gasteiger partial charge in [-0.2, -0.15) is 0 Å². The number of nitrogens with one attached hydrogen (secondary N) is 1. The number of pyridine rings is 1. The Morgan fingerprint density at radius 3 is 2.83 bits per heavy atom. The van der Waals surface area contributed by atoms with Gasteiger partial charge in [-0.3, -0.25) is 0 Å². The molecular formula is C14H12BrClN2. The Kier molecular flexibility index (Phi) is 3.27. The van der Waals surface area contributed by atoms with E-state index in [1.165, 1.54) is 11.1 Å². The number of hydrogen-bond donors (Lipinski definition) is 1. The van der Waals surface area contributed by atoms with Crippen molar-refractivity contribution in [2.75, 3.05) is 5.32 Å². The smallest absolute Gasteiger partial charge is 0.126 e. The van der Waals surface area contributed by atoms with Crippen molar-refractivity contribution in [3.63, 3.8) is 0 Å². The molecule has 0 radical (unpaired) electrons. The van der Waals surface area contributed by atoms with Gasteiger partial charge in [0.05, 0.1) is 11.4 Å². The summed E-state index contributed by atoms with van der Waals surface area (Å²) in [7, 11) is 0. The molecule has 0 saturated carbocycles. The Morgan fingerprint density at radius 2 is 2.06 bits per heavy atom. The zero-order valence-electron chi connectivity index (χ0n) is 9.61. The van der Waals surface area contributed by atoms with Gasteiger partial charge in [0.25, 0.3) is 0 Å². The maximum atomic E-state index is 6.43. The van der Waals surface area contributed by atoms with E-state index in [4.69, 9.17) is 11.6 Å². The van der Waals surface area contributed by atoms with E-state index in [2.05, 4.69) is 50.5 Å². The largest absolute Gasteiger partial charge is 0.362 e. The molecule has 0 saturated heterocycles. The highest BCUT2D eigenvalue weighted by Gasteiger charge is 2.30. The quantitative estimate of drug-likeness (QED) is 0.839. The van der Waals surface area contributed by atoms with Crippen LogP contribution >= 0.6 is 27.5 Å². The lowest BCUT2D eigenvalue weighted by molar-refractivity contribution is 0.767. The fraction of sp³-hybridized carbons (Fsp3) is 0.214. The number of fused-ring (bicyclic) bond motifs is 1. The lowest BCUT2D eigenvalue weighted by Gasteiger charge is -2.18. The second-order valence-electron chi connectivity index (χ2n) is 4.40. The van der Waals surface area contributed by atoms with Gasteiger partial charge in [0.15, 0.2) is 0 Å². The van der Waals surface area contributed by atoms with Crippen LogP contribution < -0.4 is 5.32 Å². The van der Waals surface area contributed by atoms with Gasteiger partial charge in [0.2, 0.25) is 0 Å². The molecule has 1 N–H and O–H groups in total. The highest BCUT2D eigenvalue weighted by molar-refractivity contribution is 9.10. The number of alkyl halides is 1. The van der Waals surface area contributed by atoms with Gasteiger partial charge in [-0.1, -0.05) is 24.3 Å². The molecule has 1 aromatic heterocycles. The van der Waals surface area contributed by atoms with E-state index in [0.29, 0.717) is 0 Å². The summed E-state index contributed by atoms with van der Waals surface area (Å²) in [4.78, 5) is 4.33. The molecule has 1 aliphatic rings. The summed E-state index contributed by atoms with van der Waals surface area (Å²) in [5.41, 5.74) is 2.61. The molecule has 1 aromatic carbocycles. The molecule has 2 nitrogen and oxygen atoms in total. The molecule has 2 unspecified atom stereocenters. The summed E-state index contributed by atoms with van der Waals surface area (Å²) in [5, 5.41) is 3.49. The average Bonchev–Trinajstić information content (AvgIpc) is 2.69. The third-order valence-corrected chi connectivity index (χ3v) is 4.07. The molecular weight excluding hydrogens is 312 g/mol. The summed E-state index contributed by atoms with van der Waals surface area (Å²) >= 11 is 9.80. The molecule has 0 amide bonds. The van der Waals surface area contributed by atoms with Crippen molar-refractivity contribution in [2.24, 2.45) is 0 Å². The molecule has 1 aliphatic carbocycles. The van der Waals surface area contributed by atoms with Crippen LogP contribution in [0.25, 0.3) is 0 Å². The fourth-order valence-electron chi connectivity index (χ4n) is 2.33. The Balaban J connectivity index is 1.87. The first-order chi connectivity index (χ1) is 8.74. The van der Waals surface area contributed by atoms with Gasteiger partial charge in [0.1, 0.15) is 5.82 Å². The standard InChI is InChI=1S/C14H12BrClN2/c15-10-5-6-13(17-8-10)18-14-11-4-2-1-3-9(11)7-12(14)16/h1-6,8,12,14H,7H2,(H,17,18). The second-order valence-corrected chi connectivity index (χ2v) is 5.88. The van der Waals surface area contributed by atoms with Gasteiger partial charge in [-0.25, -0.2) is 4.98 Å². The summed E-state index contributed by atoms with van der Waals surface area (Å²) in [6.07, 6.45) is 2.69. The van der Waals surface area contributed by atoms with Crippen LogP contribution in [0.1, 0.15) is 17.2 Å².